The van der Waals surface area contributed by atoms with E-state index in [0.29, 0.717) is 40.4 Å². The molecule has 4 saturated carbocycles. The van der Waals surface area contributed by atoms with Crippen molar-refractivity contribution >= 4 is 40.8 Å². The van der Waals surface area contributed by atoms with Gasteiger partial charge in [0.2, 0.25) is 17.7 Å². The van der Waals surface area contributed by atoms with Gasteiger partial charge in [-0.25, -0.2) is 0 Å². The number of nitrogens with one attached hydrogen (secondary N) is 2. The average molecular weight is 644 g/mol. The van der Waals surface area contributed by atoms with Crippen LogP contribution in [0.3, 0.4) is 0 Å². The number of Topliss-reactive ketones (excluding diaryl/α,β-unsaturated/α-hetero) is 1. The predicted molar refractivity (Wildman–Crippen MR) is 169 cm³/mol. The molecule has 0 radical (unpaired) electrons. The normalized spacial score (nSPS) is 28.8. The summed E-state index contributed by atoms with van der Waals surface area (Å²) in [7, 11) is 0. The molecule has 46 heavy (non-hydrogen) atoms. The van der Waals surface area contributed by atoms with Gasteiger partial charge in [-0.3, -0.25) is 19.2 Å². The van der Waals surface area contributed by atoms with Gasteiger partial charge in [-0.2, -0.15) is 5.21 Å². The van der Waals surface area contributed by atoms with E-state index in [1.165, 1.54) is 31.1 Å². The smallest absolute Gasteiger partial charge is 0.250 e. The van der Waals surface area contributed by atoms with Crippen LogP contribution in [0.25, 0.3) is 0 Å². The summed E-state index contributed by atoms with van der Waals surface area (Å²) in [6.45, 7) is 1.45. The van der Waals surface area contributed by atoms with Gasteiger partial charge in [0, 0.05) is 23.9 Å². The highest BCUT2D eigenvalue weighted by molar-refractivity contribution is 6.31. The number of amides is 3. The molecule has 4 fully saturated rings. The number of benzene rings is 2. The first-order valence-electron chi connectivity index (χ1n) is 16.2. The Labute approximate surface area is 272 Å². The van der Waals surface area contributed by atoms with Crippen molar-refractivity contribution in [1.82, 2.24) is 30.8 Å². The summed E-state index contributed by atoms with van der Waals surface area (Å²) in [4.78, 5) is 60.1. The number of para-hydroxylation sites is 1. The lowest BCUT2D eigenvalue weighted by Crippen LogP contribution is -2.60. The molecule has 2 N–H and O–H groups in total. The number of fused-ring (bicyclic) bond motifs is 1. The van der Waals surface area contributed by atoms with Crippen LogP contribution in [0.1, 0.15) is 80.0 Å². The number of hydrogen-bond acceptors (Lipinski definition) is 7. The van der Waals surface area contributed by atoms with Crippen LogP contribution in [0.5, 0.6) is 0 Å². The standard InChI is InChI=1S/C34H38ClN7O4/c1-20(43)42-28(32(45)36-18-31-37-39-40-38-31)13-30(44)25-7-3-5-9-27(25)41(19-24-6-2-4-8-26(24)35)33(46)29(42)17-34-14-21-10-22(15-34)12-23(11-21)16-34/h2-9,21-23,28-29H,10-19H2,1H3,(H,36,45)(H,37,38,39,40)/t21?,22?,23?,28-,29-,34?/m0/s1. The minimum absolute atomic E-state index is 0.0470. The number of halogens is 1. The van der Waals surface area contributed by atoms with Crippen molar-refractivity contribution < 1.29 is 19.2 Å². The molecular formula is C34H38ClN7O4. The van der Waals surface area contributed by atoms with Crippen molar-refractivity contribution in [3.63, 3.8) is 0 Å². The second-order valence-electron chi connectivity index (χ2n) is 13.8. The van der Waals surface area contributed by atoms with E-state index in [2.05, 4.69) is 25.9 Å². The number of rotatable bonds is 7. The number of hydrogen-bond donors (Lipinski definition) is 2. The molecule has 1 aromatic heterocycles. The molecule has 3 amide bonds. The number of aromatic nitrogens is 4. The summed E-state index contributed by atoms with van der Waals surface area (Å²) in [5, 5.41) is 17.0. The minimum atomic E-state index is -1.21. The number of H-pyrrole nitrogens is 1. The van der Waals surface area contributed by atoms with Crippen LogP contribution in [-0.4, -0.2) is 61.1 Å². The summed E-state index contributed by atoms with van der Waals surface area (Å²) in [6, 6.07) is 12.1. The highest BCUT2D eigenvalue weighted by Crippen LogP contribution is 2.62. The third-order valence-electron chi connectivity index (χ3n) is 10.7. The van der Waals surface area contributed by atoms with Gasteiger partial charge in [0.05, 0.1) is 18.8 Å². The fourth-order valence-electron chi connectivity index (χ4n) is 9.26. The monoisotopic (exact) mass is 643 g/mol. The third-order valence-corrected chi connectivity index (χ3v) is 11.0. The maximum absolute atomic E-state index is 15.2. The van der Waals surface area contributed by atoms with Gasteiger partial charge in [0.1, 0.15) is 12.1 Å². The van der Waals surface area contributed by atoms with Crippen molar-refractivity contribution in [2.45, 2.75) is 83.5 Å². The van der Waals surface area contributed by atoms with Gasteiger partial charge in [-0.15, -0.1) is 10.2 Å². The molecule has 12 heteroatoms. The van der Waals surface area contributed by atoms with Gasteiger partial charge >= 0.3 is 0 Å². The van der Waals surface area contributed by atoms with Gasteiger partial charge in [0.15, 0.2) is 11.6 Å². The molecule has 0 saturated heterocycles. The average Bonchev–Trinajstić information content (AvgIpc) is 3.55. The van der Waals surface area contributed by atoms with Crippen LogP contribution in [0, 0.1) is 23.2 Å². The first kappa shape index (κ1) is 30.5. The quantitative estimate of drug-likeness (QED) is 0.387. The fraction of sp³-hybridized carbons (Fsp3) is 0.500. The molecule has 0 unspecified atom stereocenters. The van der Waals surface area contributed by atoms with Crippen LogP contribution in [-0.2, 0) is 27.5 Å². The van der Waals surface area contributed by atoms with Gasteiger partial charge in [-0.1, -0.05) is 47.1 Å². The first-order chi connectivity index (χ1) is 22.2. The maximum atomic E-state index is 15.2. The molecule has 11 nitrogen and oxygen atoms in total. The number of anilines is 1. The van der Waals surface area contributed by atoms with E-state index in [-0.39, 0.29) is 42.4 Å². The van der Waals surface area contributed by atoms with Gasteiger partial charge in [0.25, 0.3) is 0 Å². The SMILES string of the molecule is CC(=O)N1[C@H](C(=O)NCc2nn[nH]n2)CC(=O)c2ccccc2N(Cc2ccccc2Cl)C(=O)[C@@H]1CC12CC3CC(CC(C3)C1)C2. The Hall–Kier alpha value is -4.12. The highest BCUT2D eigenvalue weighted by Gasteiger charge is 2.54. The zero-order chi connectivity index (χ0) is 32.0. The van der Waals surface area contributed by atoms with E-state index in [9.17, 15) is 14.4 Å². The summed E-state index contributed by atoms with van der Waals surface area (Å²) >= 11 is 6.61. The molecule has 2 atom stereocenters. The molecule has 2 heterocycles. The minimum Gasteiger partial charge on any atom is -0.347 e. The van der Waals surface area contributed by atoms with E-state index in [4.69, 9.17) is 11.6 Å². The Bertz CT molecular complexity index is 1620. The zero-order valence-electron chi connectivity index (χ0n) is 25.8. The molecule has 3 aromatic rings. The van der Waals surface area contributed by atoms with Crippen molar-refractivity contribution in [1.29, 1.82) is 0 Å². The van der Waals surface area contributed by atoms with E-state index >= 15 is 4.79 Å². The molecule has 1 aliphatic heterocycles. The molecule has 8 rings (SSSR count). The third kappa shape index (κ3) is 5.81. The zero-order valence-corrected chi connectivity index (χ0v) is 26.6. The van der Waals surface area contributed by atoms with Crippen LogP contribution in [0.4, 0.5) is 5.69 Å². The summed E-state index contributed by atoms with van der Waals surface area (Å²) in [6.07, 6.45) is 6.91. The highest BCUT2D eigenvalue weighted by atomic mass is 35.5. The Morgan fingerprint density at radius 2 is 1.67 bits per heavy atom. The molecule has 5 aliphatic rings. The number of tetrazole rings is 1. The molecule has 2 aromatic carbocycles. The second kappa shape index (κ2) is 12.2. The molecule has 240 valence electrons. The van der Waals surface area contributed by atoms with Crippen LogP contribution in [0.2, 0.25) is 5.02 Å². The lowest BCUT2D eigenvalue weighted by atomic mass is 9.48. The van der Waals surface area contributed by atoms with Crippen LogP contribution < -0.4 is 10.2 Å². The lowest BCUT2D eigenvalue weighted by Gasteiger charge is -2.58. The maximum Gasteiger partial charge on any atom is 0.250 e. The Morgan fingerprint density at radius 1 is 1.00 bits per heavy atom. The second-order valence-corrected chi connectivity index (χ2v) is 14.2. The molecular weight excluding hydrogens is 606 g/mol. The first-order valence-corrected chi connectivity index (χ1v) is 16.5. The topological polar surface area (TPSA) is 141 Å². The Morgan fingerprint density at radius 3 is 2.33 bits per heavy atom. The molecule has 4 aliphatic carbocycles. The summed E-state index contributed by atoms with van der Waals surface area (Å²) < 4.78 is 0. The van der Waals surface area contributed by atoms with E-state index in [1.54, 1.807) is 35.2 Å². The van der Waals surface area contributed by atoms with Crippen molar-refractivity contribution in [2.24, 2.45) is 23.2 Å². The summed E-state index contributed by atoms with van der Waals surface area (Å²) in [5.41, 5.74) is 1.38. The largest absolute Gasteiger partial charge is 0.347 e. The predicted octanol–water partition coefficient (Wildman–Crippen LogP) is 4.48. The van der Waals surface area contributed by atoms with Gasteiger partial charge < -0.3 is 15.1 Å². The summed E-state index contributed by atoms with van der Waals surface area (Å²) in [5.74, 6) is 0.498. The number of aromatic amines is 1. The van der Waals surface area contributed by atoms with Gasteiger partial charge in [-0.05, 0) is 91.9 Å². The molecule has 0 spiro atoms. The van der Waals surface area contributed by atoms with Crippen molar-refractivity contribution in [3.05, 3.63) is 70.5 Å². The Balaban J connectivity index is 1.33. The van der Waals surface area contributed by atoms with E-state index in [1.807, 2.05) is 18.2 Å². The lowest BCUT2D eigenvalue weighted by molar-refractivity contribution is -0.149. The number of carbonyl (C=O) groups excluding carboxylic acids is 4. The molecule has 4 bridgehead atoms. The van der Waals surface area contributed by atoms with E-state index in [0.717, 1.165) is 24.8 Å². The number of nitrogens with zero attached hydrogens (tertiary/aromatic N) is 5. The van der Waals surface area contributed by atoms with Crippen LogP contribution in [0.15, 0.2) is 48.5 Å². The van der Waals surface area contributed by atoms with Crippen molar-refractivity contribution in [3.8, 4) is 0 Å². The number of carbonyl (C=O) groups is 4. The Kier molecular flexibility index (Phi) is 8.12. The van der Waals surface area contributed by atoms with E-state index < -0.39 is 23.9 Å². The number of ketones is 1. The fourth-order valence-corrected chi connectivity index (χ4v) is 9.45. The van der Waals surface area contributed by atoms with Crippen molar-refractivity contribution in [2.75, 3.05) is 4.90 Å². The van der Waals surface area contributed by atoms with Crippen LogP contribution >= 0.6 is 11.6 Å².